The molecule has 3 atom stereocenters. The highest BCUT2D eigenvalue weighted by atomic mass is 35.5. The molecule has 3 N–H and O–H groups in total. The van der Waals surface area contributed by atoms with Gasteiger partial charge in [-0.1, -0.05) is 32.4 Å². The number of hydrogen-bond acceptors (Lipinski definition) is 5. The lowest BCUT2D eigenvalue weighted by Gasteiger charge is -2.32. The van der Waals surface area contributed by atoms with Crippen molar-refractivity contribution in [2.75, 3.05) is 13.1 Å². The predicted octanol–water partition coefficient (Wildman–Crippen LogP) is 2.12. The molecule has 0 radical (unpaired) electrons. The Kier molecular flexibility index (Phi) is 7.15. The monoisotopic (exact) mass is 396 g/mol. The summed E-state index contributed by atoms with van der Waals surface area (Å²) in [6, 6.07) is 2.89. The van der Waals surface area contributed by atoms with E-state index in [0.717, 1.165) is 19.0 Å². The average molecular weight is 397 g/mol. The van der Waals surface area contributed by atoms with E-state index in [4.69, 9.17) is 11.6 Å². The highest BCUT2D eigenvalue weighted by molar-refractivity contribution is 6.34. The van der Waals surface area contributed by atoms with Gasteiger partial charge in [-0.2, -0.15) is 0 Å². The highest BCUT2D eigenvalue weighted by Gasteiger charge is 2.30. The van der Waals surface area contributed by atoms with Crippen LogP contribution < -0.4 is 16.0 Å². The lowest BCUT2D eigenvalue weighted by atomic mass is 9.93. The van der Waals surface area contributed by atoms with Crippen LogP contribution in [0.15, 0.2) is 18.2 Å². The van der Waals surface area contributed by atoms with Gasteiger partial charge in [0.25, 0.3) is 11.6 Å². The molecule has 148 valence electrons. The molecule has 8 nitrogen and oxygen atoms in total. The van der Waals surface area contributed by atoms with Gasteiger partial charge in [-0.05, 0) is 30.9 Å². The molecule has 1 aliphatic heterocycles. The van der Waals surface area contributed by atoms with Gasteiger partial charge in [0.1, 0.15) is 6.04 Å². The molecule has 0 aromatic heterocycles. The molecule has 0 aliphatic carbocycles. The molecule has 1 fully saturated rings. The summed E-state index contributed by atoms with van der Waals surface area (Å²) in [7, 11) is 0. The van der Waals surface area contributed by atoms with Crippen molar-refractivity contribution in [1.82, 2.24) is 16.0 Å². The Morgan fingerprint density at radius 1 is 1.37 bits per heavy atom. The summed E-state index contributed by atoms with van der Waals surface area (Å²) in [6.45, 7) is 7.39. The number of benzene rings is 1. The first kappa shape index (κ1) is 21.1. The number of nitro benzene ring substituents is 1. The van der Waals surface area contributed by atoms with Crippen LogP contribution in [-0.2, 0) is 4.79 Å². The minimum Gasteiger partial charge on any atom is -0.350 e. The van der Waals surface area contributed by atoms with Gasteiger partial charge in [-0.15, -0.1) is 0 Å². The Labute approximate surface area is 163 Å². The average Bonchev–Trinajstić information content (AvgIpc) is 2.60. The first-order valence-electron chi connectivity index (χ1n) is 8.96. The molecular formula is C18H25ClN4O4. The smallest absolute Gasteiger partial charge is 0.270 e. The number of nitro groups is 1. The van der Waals surface area contributed by atoms with Crippen LogP contribution in [0, 0.1) is 22.0 Å². The fraction of sp³-hybridized carbons (Fsp3) is 0.556. The molecule has 0 spiro atoms. The van der Waals surface area contributed by atoms with Crippen molar-refractivity contribution in [3.8, 4) is 0 Å². The second-order valence-corrected chi connectivity index (χ2v) is 7.61. The number of rotatable bonds is 6. The van der Waals surface area contributed by atoms with Crippen LogP contribution in [0.25, 0.3) is 0 Å². The third-order valence-corrected chi connectivity index (χ3v) is 5.11. The van der Waals surface area contributed by atoms with E-state index in [9.17, 15) is 19.7 Å². The first-order valence-corrected chi connectivity index (χ1v) is 9.34. The number of nitrogens with zero attached hydrogens (tertiary/aromatic N) is 1. The van der Waals surface area contributed by atoms with Gasteiger partial charge in [-0.3, -0.25) is 19.7 Å². The molecule has 9 heteroatoms. The van der Waals surface area contributed by atoms with Crippen LogP contribution >= 0.6 is 11.6 Å². The maximum atomic E-state index is 12.7. The minimum atomic E-state index is -0.738. The SMILES string of the molecule is CC(C)C(NC(=O)c1ccc([N+](=O)[O-])cc1Cl)C(=O)NC1CNCCC1C. The first-order chi connectivity index (χ1) is 12.7. The van der Waals surface area contributed by atoms with Crippen LogP contribution in [0.4, 0.5) is 5.69 Å². The van der Waals surface area contributed by atoms with Crippen LogP contribution in [0.3, 0.4) is 0 Å². The number of nitrogens with one attached hydrogen (secondary N) is 3. The molecule has 1 aromatic carbocycles. The number of carbonyl (C=O) groups is 2. The Morgan fingerprint density at radius 2 is 2.07 bits per heavy atom. The number of amides is 2. The molecule has 0 bridgehead atoms. The Bertz CT molecular complexity index is 725. The van der Waals surface area contributed by atoms with Gasteiger partial charge in [0.05, 0.1) is 15.5 Å². The zero-order valence-electron chi connectivity index (χ0n) is 15.6. The maximum absolute atomic E-state index is 12.7. The molecule has 1 aliphatic rings. The molecule has 2 amide bonds. The zero-order valence-corrected chi connectivity index (χ0v) is 16.4. The predicted molar refractivity (Wildman–Crippen MR) is 103 cm³/mol. The normalized spacial score (nSPS) is 20.8. The van der Waals surface area contributed by atoms with Crippen molar-refractivity contribution in [1.29, 1.82) is 0 Å². The van der Waals surface area contributed by atoms with Crippen molar-refractivity contribution in [3.63, 3.8) is 0 Å². The molecular weight excluding hydrogens is 372 g/mol. The van der Waals surface area contributed by atoms with E-state index in [1.807, 2.05) is 13.8 Å². The van der Waals surface area contributed by atoms with Gasteiger partial charge in [0, 0.05) is 24.7 Å². The quantitative estimate of drug-likeness (QED) is 0.503. The van der Waals surface area contributed by atoms with E-state index in [0.29, 0.717) is 12.5 Å². The van der Waals surface area contributed by atoms with Gasteiger partial charge in [0.2, 0.25) is 5.91 Å². The highest BCUT2D eigenvalue weighted by Crippen LogP contribution is 2.23. The van der Waals surface area contributed by atoms with Crippen molar-refractivity contribution in [3.05, 3.63) is 38.9 Å². The minimum absolute atomic E-state index is 0.00682. The van der Waals surface area contributed by atoms with Crippen molar-refractivity contribution >= 4 is 29.1 Å². The fourth-order valence-electron chi connectivity index (χ4n) is 3.01. The number of carbonyl (C=O) groups excluding carboxylic acids is 2. The molecule has 1 heterocycles. The van der Waals surface area contributed by atoms with Crippen molar-refractivity contribution in [2.24, 2.45) is 11.8 Å². The van der Waals surface area contributed by atoms with E-state index < -0.39 is 16.9 Å². The van der Waals surface area contributed by atoms with Crippen LogP contribution in [0.1, 0.15) is 37.6 Å². The number of non-ortho nitro benzene ring substituents is 1. The molecule has 27 heavy (non-hydrogen) atoms. The second-order valence-electron chi connectivity index (χ2n) is 7.20. The lowest BCUT2D eigenvalue weighted by molar-refractivity contribution is -0.384. The molecule has 2 rings (SSSR count). The van der Waals surface area contributed by atoms with E-state index in [1.165, 1.54) is 12.1 Å². The maximum Gasteiger partial charge on any atom is 0.270 e. The fourth-order valence-corrected chi connectivity index (χ4v) is 3.27. The summed E-state index contributed by atoms with van der Waals surface area (Å²) in [5.74, 6) is -0.587. The largest absolute Gasteiger partial charge is 0.350 e. The van der Waals surface area contributed by atoms with E-state index >= 15 is 0 Å². The number of halogens is 1. The summed E-state index contributed by atoms with van der Waals surface area (Å²) in [6.07, 6.45) is 0.974. The summed E-state index contributed by atoms with van der Waals surface area (Å²) >= 11 is 6.01. The molecule has 0 saturated carbocycles. The zero-order chi connectivity index (χ0) is 20.1. The van der Waals surface area contributed by atoms with Gasteiger partial charge in [-0.25, -0.2) is 0 Å². The standard InChI is InChI=1S/C18H25ClN4O4/c1-10(2)16(18(25)21-15-9-20-7-6-11(15)3)22-17(24)13-5-4-12(23(26)27)8-14(13)19/h4-5,8,10-11,15-16,20H,6-7,9H2,1-3H3,(H,21,25)(H,22,24). The van der Waals surface area contributed by atoms with Crippen LogP contribution in [0.5, 0.6) is 0 Å². The van der Waals surface area contributed by atoms with E-state index in [-0.39, 0.29) is 34.1 Å². The number of hydrogen-bond donors (Lipinski definition) is 3. The van der Waals surface area contributed by atoms with Gasteiger partial charge >= 0.3 is 0 Å². The number of piperidine rings is 1. The third-order valence-electron chi connectivity index (χ3n) is 4.80. The molecule has 1 saturated heterocycles. The summed E-state index contributed by atoms with van der Waals surface area (Å²) in [5, 5.41) is 19.7. The van der Waals surface area contributed by atoms with Crippen molar-refractivity contribution in [2.45, 2.75) is 39.3 Å². The molecule has 3 unspecified atom stereocenters. The van der Waals surface area contributed by atoms with Crippen molar-refractivity contribution < 1.29 is 14.5 Å². The van der Waals surface area contributed by atoms with Crippen LogP contribution in [-0.4, -0.2) is 41.9 Å². The second kappa shape index (κ2) is 9.14. The summed E-state index contributed by atoms with van der Waals surface area (Å²) < 4.78 is 0. The van der Waals surface area contributed by atoms with Gasteiger partial charge < -0.3 is 16.0 Å². The Hall–Kier alpha value is -2.19. The summed E-state index contributed by atoms with van der Waals surface area (Å²) in [4.78, 5) is 35.5. The summed E-state index contributed by atoms with van der Waals surface area (Å²) in [5.41, 5.74) is -0.109. The third kappa shape index (κ3) is 5.40. The Balaban J connectivity index is 2.09. The van der Waals surface area contributed by atoms with E-state index in [1.54, 1.807) is 0 Å². The molecule has 1 aromatic rings. The Morgan fingerprint density at radius 3 is 2.63 bits per heavy atom. The van der Waals surface area contributed by atoms with Gasteiger partial charge in [0.15, 0.2) is 0 Å². The van der Waals surface area contributed by atoms with E-state index in [2.05, 4.69) is 22.9 Å². The topological polar surface area (TPSA) is 113 Å². The van der Waals surface area contributed by atoms with Crippen LogP contribution in [0.2, 0.25) is 5.02 Å². The lowest BCUT2D eigenvalue weighted by Crippen LogP contribution is -2.57.